The lowest BCUT2D eigenvalue weighted by Gasteiger charge is -2.07. The third-order valence-electron chi connectivity index (χ3n) is 3.30. The zero-order valence-electron chi connectivity index (χ0n) is 12.1. The summed E-state index contributed by atoms with van der Waals surface area (Å²) in [4.78, 5) is 0. The fraction of sp³-hybridized carbons (Fsp3) is 0.500. The first-order valence-corrected chi connectivity index (χ1v) is 6.96. The fourth-order valence-corrected chi connectivity index (χ4v) is 2.39. The van der Waals surface area contributed by atoms with Gasteiger partial charge < -0.3 is 9.73 Å². The number of rotatable bonds is 5. The monoisotopic (exact) mass is 263 g/mol. The van der Waals surface area contributed by atoms with E-state index in [1.54, 1.807) is 6.07 Å². The maximum absolute atomic E-state index is 13.6. The molecule has 0 radical (unpaired) electrons. The molecule has 2 rings (SSSR count). The standard InChI is InChI=1S/C16H22FNO/c1-5-6-13-14-8-12(17)7-11(4)16(14)19-15(13)9-18-10(2)3/h7-8,10,18H,5-6,9H2,1-4H3. The van der Waals surface area contributed by atoms with Gasteiger partial charge in [0, 0.05) is 17.0 Å². The van der Waals surface area contributed by atoms with Crippen molar-refractivity contribution < 1.29 is 8.81 Å². The molecule has 1 heterocycles. The summed E-state index contributed by atoms with van der Waals surface area (Å²) in [6.45, 7) is 8.93. The topological polar surface area (TPSA) is 25.2 Å². The minimum absolute atomic E-state index is 0.188. The molecule has 3 heteroatoms. The van der Waals surface area contributed by atoms with Crippen molar-refractivity contribution >= 4 is 11.0 Å². The van der Waals surface area contributed by atoms with Gasteiger partial charge in [-0.1, -0.05) is 27.2 Å². The molecule has 104 valence electrons. The lowest BCUT2D eigenvalue weighted by atomic mass is 10.0. The molecular formula is C16H22FNO. The van der Waals surface area contributed by atoms with Crippen LogP contribution in [0.1, 0.15) is 44.1 Å². The Balaban J connectivity index is 2.50. The van der Waals surface area contributed by atoms with E-state index in [2.05, 4.69) is 26.1 Å². The highest BCUT2D eigenvalue weighted by Crippen LogP contribution is 2.30. The molecule has 0 spiro atoms. The predicted octanol–water partition coefficient (Wildman–Crippen LogP) is 4.33. The van der Waals surface area contributed by atoms with Crippen LogP contribution in [0.15, 0.2) is 16.5 Å². The van der Waals surface area contributed by atoms with Crippen LogP contribution in [0.25, 0.3) is 11.0 Å². The lowest BCUT2D eigenvalue weighted by Crippen LogP contribution is -2.22. The molecule has 1 aromatic heterocycles. The molecule has 0 saturated carbocycles. The van der Waals surface area contributed by atoms with Crippen LogP contribution in [0.2, 0.25) is 0 Å². The number of furan rings is 1. The van der Waals surface area contributed by atoms with E-state index >= 15 is 0 Å². The molecule has 1 aromatic carbocycles. The maximum Gasteiger partial charge on any atom is 0.137 e. The SMILES string of the molecule is CCCc1c(CNC(C)C)oc2c(C)cc(F)cc12. The second-order valence-corrected chi connectivity index (χ2v) is 5.39. The number of nitrogens with one attached hydrogen (secondary N) is 1. The summed E-state index contributed by atoms with van der Waals surface area (Å²) >= 11 is 0. The average Bonchev–Trinajstić information content (AvgIpc) is 2.66. The summed E-state index contributed by atoms with van der Waals surface area (Å²) in [7, 11) is 0. The van der Waals surface area contributed by atoms with E-state index in [-0.39, 0.29) is 5.82 Å². The lowest BCUT2D eigenvalue weighted by molar-refractivity contribution is 0.481. The summed E-state index contributed by atoms with van der Waals surface area (Å²) in [5.74, 6) is 0.755. The van der Waals surface area contributed by atoms with Gasteiger partial charge in [0.1, 0.15) is 17.2 Å². The van der Waals surface area contributed by atoms with Gasteiger partial charge in [-0.3, -0.25) is 0 Å². The molecule has 0 saturated heterocycles. The van der Waals surface area contributed by atoms with Crippen LogP contribution in [-0.2, 0) is 13.0 Å². The van der Waals surface area contributed by atoms with Gasteiger partial charge in [0.25, 0.3) is 0 Å². The van der Waals surface area contributed by atoms with Crippen molar-refractivity contribution in [1.29, 1.82) is 0 Å². The van der Waals surface area contributed by atoms with Crippen LogP contribution in [0.5, 0.6) is 0 Å². The molecule has 0 atom stereocenters. The Bertz CT molecular complexity index is 572. The molecule has 0 aliphatic carbocycles. The molecule has 0 bridgehead atoms. The van der Waals surface area contributed by atoms with Gasteiger partial charge >= 0.3 is 0 Å². The zero-order valence-corrected chi connectivity index (χ0v) is 12.1. The molecule has 2 nitrogen and oxygen atoms in total. The summed E-state index contributed by atoms with van der Waals surface area (Å²) in [5, 5.41) is 4.30. The van der Waals surface area contributed by atoms with Crippen molar-refractivity contribution in [3.05, 3.63) is 34.8 Å². The van der Waals surface area contributed by atoms with E-state index in [9.17, 15) is 4.39 Å². The number of benzene rings is 1. The van der Waals surface area contributed by atoms with Gasteiger partial charge in [-0.05, 0) is 31.0 Å². The quantitative estimate of drug-likeness (QED) is 0.868. The van der Waals surface area contributed by atoms with E-state index in [1.165, 1.54) is 6.07 Å². The van der Waals surface area contributed by atoms with Gasteiger partial charge in [0.05, 0.1) is 6.54 Å². The van der Waals surface area contributed by atoms with Crippen LogP contribution in [0.4, 0.5) is 4.39 Å². The van der Waals surface area contributed by atoms with Gasteiger partial charge in [0.2, 0.25) is 0 Å². The fourth-order valence-electron chi connectivity index (χ4n) is 2.39. The van der Waals surface area contributed by atoms with Gasteiger partial charge in [0.15, 0.2) is 0 Å². The zero-order chi connectivity index (χ0) is 14.0. The smallest absolute Gasteiger partial charge is 0.137 e. The molecule has 0 amide bonds. The third kappa shape index (κ3) is 2.98. The summed E-state index contributed by atoms with van der Waals surface area (Å²) in [6.07, 6.45) is 1.95. The van der Waals surface area contributed by atoms with Gasteiger partial charge in [-0.15, -0.1) is 0 Å². The molecule has 0 aliphatic rings. The van der Waals surface area contributed by atoms with Crippen LogP contribution in [0, 0.1) is 12.7 Å². The average molecular weight is 263 g/mol. The maximum atomic E-state index is 13.6. The Kier molecular flexibility index (Phi) is 4.25. The highest BCUT2D eigenvalue weighted by molar-refractivity contribution is 5.85. The number of halogens is 1. The summed E-state index contributed by atoms with van der Waals surface area (Å²) in [5.41, 5.74) is 2.84. The number of hydrogen-bond donors (Lipinski definition) is 1. The number of hydrogen-bond acceptors (Lipinski definition) is 2. The van der Waals surface area contributed by atoms with Crippen LogP contribution >= 0.6 is 0 Å². The van der Waals surface area contributed by atoms with Crippen LogP contribution in [-0.4, -0.2) is 6.04 Å². The van der Waals surface area contributed by atoms with E-state index in [0.29, 0.717) is 12.6 Å². The third-order valence-corrected chi connectivity index (χ3v) is 3.30. The summed E-state index contributed by atoms with van der Waals surface area (Å²) < 4.78 is 19.5. The van der Waals surface area contributed by atoms with Crippen molar-refractivity contribution in [2.75, 3.05) is 0 Å². The largest absolute Gasteiger partial charge is 0.459 e. The Labute approximate surface area is 114 Å². The van der Waals surface area contributed by atoms with Gasteiger partial charge in [-0.2, -0.15) is 0 Å². The van der Waals surface area contributed by atoms with Gasteiger partial charge in [-0.25, -0.2) is 4.39 Å². The van der Waals surface area contributed by atoms with Crippen molar-refractivity contribution in [3.8, 4) is 0 Å². The first kappa shape index (κ1) is 14.1. The molecule has 0 unspecified atom stereocenters. The van der Waals surface area contributed by atoms with E-state index < -0.39 is 0 Å². The predicted molar refractivity (Wildman–Crippen MR) is 76.9 cm³/mol. The highest BCUT2D eigenvalue weighted by atomic mass is 19.1. The Morgan fingerprint density at radius 3 is 2.68 bits per heavy atom. The molecule has 1 N–H and O–H groups in total. The Morgan fingerprint density at radius 1 is 1.32 bits per heavy atom. The molecular weight excluding hydrogens is 241 g/mol. The number of fused-ring (bicyclic) bond motifs is 1. The van der Waals surface area contributed by atoms with Crippen molar-refractivity contribution in [1.82, 2.24) is 5.32 Å². The Morgan fingerprint density at radius 2 is 2.05 bits per heavy atom. The van der Waals surface area contributed by atoms with E-state index in [0.717, 1.165) is 40.7 Å². The second-order valence-electron chi connectivity index (χ2n) is 5.39. The first-order valence-electron chi connectivity index (χ1n) is 6.96. The van der Waals surface area contributed by atoms with Crippen LogP contribution in [0.3, 0.4) is 0 Å². The van der Waals surface area contributed by atoms with Crippen molar-refractivity contribution in [2.24, 2.45) is 0 Å². The van der Waals surface area contributed by atoms with E-state index in [1.807, 2.05) is 6.92 Å². The molecule has 0 fully saturated rings. The normalized spacial score (nSPS) is 11.7. The molecule has 19 heavy (non-hydrogen) atoms. The van der Waals surface area contributed by atoms with Crippen LogP contribution < -0.4 is 5.32 Å². The molecule has 2 aromatic rings. The summed E-state index contributed by atoms with van der Waals surface area (Å²) in [6, 6.07) is 3.53. The minimum Gasteiger partial charge on any atom is -0.459 e. The molecule has 0 aliphatic heterocycles. The number of aryl methyl sites for hydroxylation is 2. The second kappa shape index (κ2) is 5.74. The van der Waals surface area contributed by atoms with E-state index in [4.69, 9.17) is 4.42 Å². The Hall–Kier alpha value is -1.35. The van der Waals surface area contributed by atoms with Crippen molar-refractivity contribution in [2.45, 2.75) is 53.1 Å². The first-order chi connectivity index (χ1) is 9.02. The minimum atomic E-state index is -0.188. The highest BCUT2D eigenvalue weighted by Gasteiger charge is 2.16. The van der Waals surface area contributed by atoms with Crippen molar-refractivity contribution in [3.63, 3.8) is 0 Å².